The van der Waals surface area contributed by atoms with Gasteiger partial charge in [0.15, 0.2) is 4.92 Å². The van der Waals surface area contributed by atoms with E-state index in [9.17, 15) is 22.1 Å². The molecule has 12 heteroatoms. The highest BCUT2D eigenvalue weighted by molar-refractivity contribution is 7.46. The van der Waals surface area contributed by atoms with E-state index in [1.165, 1.54) is 0 Å². The highest BCUT2D eigenvalue weighted by Crippen LogP contribution is 2.57. The lowest BCUT2D eigenvalue weighted by molar-refractivity contribution is -0.331. The summed E-state index contributed by atoms with van der Waals surface area (Å²) >= 11 is 0. The first-order chi connectivity index (χ1) is 8.71. The minimum absolute atomic E-state index is 1.16. The van der Waals surface area contributed by atoms with E-state index in [2.05, 4.69) is 4.52 Å². The summed E-state index contributed by atoms with van der Waals surface area (Å²) < 4.78 is 84.3. The monoisotopic (exact) mass is 374 g/mol. The second-order valence-electron chi connectivity index (χ2n) is 6.83. The molecule has 0 aromatic heterocycles. The van der Waals surface area contributed by atoms with Crippen LogP contribution in [0.4, 0.5) is 22.0 Å². The van der Waals surface area contributed by atoms with Gasteiger partial charge >= 0.3 is 19.9 Å². The number of phosphoric acid groups is 1. The third-order valence-corrected chi connectivity index (χ3v) is 12.8. The first kappa shape index (κ1) is 21.2. The molecular weight excluding hydrogens is 354 g/mol. The van der Waals surface area contributed by atoms with E-state index in [4.69, 9.17) is 9.79 Å². The van der Waals surface area contributed by atoms with Crippen LogP contribution >= 0.6 is 7.82 Å². The normalized spacial score (nSPS) is 16.2. The summed E-state index contributed by atoms with van der Waals surface area (Å²) in [6.07, 6.45) is -5.62. The van der Waals surface area contributed by atoms with E-state index in [0.29, 0.717) is 0 Å². The lowest BCUT2D eigenvalue weighted by Gasteiger charge is -2.50. The van der Waals surface area contributed by atoms with E-state index < -0.39 is 40.9 Å². The SMILES string of the molecule is C[Si](C)(C)C(F)(C(F)(F)C(F)(F)OP(=O)(O)O)[Si](C)(C)C. The van der Waals surface area contributed by atoms with Crippen molar-refractivity contribution in [2.45, 2.75) is 56.2 Å². The Kier molecular flexibility index (Phi) is 5.43. The van der Waals surface area contributed by atoms with Crippen molar-refractivity contribution >= 4 is 24.0 Å². The number of alkyl halides is 5. The van der Waals surface area contributed by atoms with Crippen molar-refractivity contribution in [1.29, 1.82) is 0 Å². The minimum atomic E-state index is -5.92. The molecule has 0 spiro atoms. The van der Waals surface area contributed by atoms with Crippen molar-refractivity contribution in [3.63, 3.8) is 0 Å². The Labute approximate surface area is 122 Å². The molecule has 0 radical (unpaired) electrons. The Bertz CT molecular complexity index is 426. The van der Waals surface area contributed by atoms with Crippen molar-refractivity contribution < 1.29 is 40.8 Å². The van der Waals surface area contributed by atoms with Gasteiger partial charge in [-0.2, -0.15) is 17.6 Å². The van der Waals surface area contributed by atoms with Gasteiger partial charge in [-0.3, -0.25) is 0 Å². The van der Waals surface area contributed by atoms with Gasteiger partial charge in [0.05, 0.1) is 16.1 Å². The molecule has 128 valence electrons. The number of phosphoric ester groups is 1. The first-order valence-electron chi connectivity index (χ1n) is 5.91. The zero-order valence-electron chi connectivity index (χ0n) is 12.5. The molecule has 21 heavy (non-hydrogen) atoms. The van der Waals surface area contributed by atoms with Crippen molar-refractivity contribution in [2.24, 2.45) is 0 Å². The Morgan fingerprint density at radius 2 is 1.14 bits per heavy atom. The quantitative estimate of drug-likeness (QED) is 0.422. The molecule has 0 unspecified atom stereocenters. The fourth-order valence-corrected chi connectivity index (χ4v) is 14.1. The smallest absolute Gasteiger partial charge is 0.303 e. The Balaban J connectivity index is 6.22. The largest absolute Gasteiger partial charge is 0.474 e. The number of halogens is 5. The van der Waals surface area contributed by atoms with Gasteiger partial charge in [-0.15, -0.1) is 0 Å². The average Bonchev–Trinajstić information content (AvgIpc) is 2.07. The van der Waals surface area contributed by atoms with E-state index >= 15 is 4.39 Å². The maximum absolute atomic E-state index is 15.2. The van der Waals surface area contributed by atoms with Crippen LogP contribution in [-0.4, -0.2) is 42.9 Å². The van der Waals surface area contributed by atoms with Gasteiger partial charge in [0.1, 0.15) is 0 Å². The molecule has 0 saturated carbocycles. The summed E-state index contributed by atoms with van der Waals surface area (Å²) in [6.45, 7) is 6.96. The number of hydrogen-bond donors (Lipinski definition) is 2. The van der Waals surface area contributed by atoms with Crippen LogP contribution in [-0.2, 0) is 9.09 Å². The lowest BCUT2D eigenvalue weighted by atomic mass is 10.3. The maximum atomic E-state index is 15.2. The van der Waals surface area contributed by atoms with Gasteiger partial charge in [-0.1, -0.05) is 39.3 Å². The first-order valence-corrected chi connectivity index (χ1v) is 14.4. The van der Waals surface area contributed by atoms with E-state index in [1.54, 1.807) is 0 Å². The molecule has 0 rings (SSSR count). The second kappa shape index (κ2) is 5.38. The molecule has 0 aliphatic rings. The molecule has 0 aliphatic carbocycles. The van der Waals surface area contributed by atoms with Crippen LogP contribution < -0.4 is 0 Å². The van der Waals surface area contributed by atoms with Gasteiger partial charge in [0.25, 0.3) is 0 Å². The molecule has 0 bridgehead atoms. The van der Waals surface area contributed by atoms with Gasteiger partial charge in [0, 0.05) is 0 Å². The summed E-state index contributed by atoms with van der Waals surface area (Å²) in [4.78, 5) is 13.2. The van der Waals surface area contributed by atoms with Crippen molar-refractivity contribution in [3.05, 3.63) is 0 Å². The predicted molar refractivity (Wildman–Crippen MR) is 73.6 cm³/mol. The van der Waals surface area contributed by atoms with Crippen LogP contribution in [0.2, 0.25) is 39.3 Å². The molecule has 2 N–H and O–H groups in total. The average molecular weight is 374 g/mol. The molecule has 0 atom stereocenters. The standard InChI is InChI=1S/C9H20F5O4PSi2/c1-20(2,3)9(14,21(4,5)6)7(10,11)8(12,13)18-19(15,16)17/h1-6H3,(H2,15,16,17). The van der Waals surface area contributed by atoms with Gasteiger partial charge in [0.2, 0.25) is 0 Å². The van der Waals surface area contributed by atoms with Crippen LogP contribution in [0.25, 0.3) is 0 Å². The predicted octanol–water partition coefficient (Wildman–Crippen LogP) is 3.79. The van der Waals surface area contributed by atoms with Crippen LogP contribution in [0.3, 0.4) is 0 Å². The van der Waals surface area contributed by atoms with Crippen LogP contribution in [0, 0.1) is 0 Å². The third kappa shape index (κ3) is 3.75. The summed E-state index contributed by atoms with van der Waals surface area (Å²) in [5.41, 5.74) is 0. The Morgan fingerprint density at radius 1 is 0.857 bits per heavy atom. The van der Waals surface area contributed by atoms with Gasteiger partial charge in [-0.05, 0) is 0 Å². The highest BCUT2D eigenvalue weighted by atomic mass is 31.2. The van der Waals surface area contributed by atoms with E-state index in [-0.39, 0.29) is 0 Å². The fraction of sp³-hybridized carbons (Fsp3) is 1.00. The van der Waals surface area contributed by atoms with Crippen LogP contribution in [0.15, 0.2) is 0 Å². The molecule has 0 saturated heterocycles. The molecule has 0 amide bonds. The maximum Gasteiger partial charge on any atom is 0.474 e. The summed E-state index contributed by atoms with van der Waals surface area (Å²) in [5.74, 6) is -5.37. The third-order valence-electron chi connectivity index (χ3n) is 3.10. The molecular formula is C9H20F5O4PSi2. The minimum Gasteiger partial charge on any atom is -0.303 e. The van der Waals surface area contributed by atoms with Crippen molar-refractivity contribution in [3.8, 4) is 0 Å². The fourth-order valence-electron chi connectivity index (χ4n) is 2.47. The molecule has 4 nitrogen and oxygen atoms in total. The second-order valence-corrected chi connectivity index (χ2v) is 18.9. The van der Waals surface area contributed by atoms with Crippen molar-refractivity contribution in [2.75, 3.05) is 0 Å². The zero-order chi connectivity index (χ0) is 17.7. The van der Waals surface area contributed by atoms with Crippen molar-refractivity contribution in [1.82, 2.24) is 0 Å². The van der Waals surface area contributed by atoms with Crippen LogP contribution in [0.5, 0.6) is 0 Å². The van der Waals surface area contributed by atoms with Gasteiger partial charge < -0.3 is 9.79 Å². The topological polar surface area (TPSA) is 66.8 Å². The Hall–Kier alpha value is 0.194. The highest BCUT2D eigenvalue weighted by Gasteiger charge is 2.79. The summed E-state index contributed by atoms with van der Waals surface area (Å²) in [5, 5.41) is 0. The summed E-state index contributed by atoms with van der Waals surface area (Å²) in [7, 11) is -13.0. The Morgan fingerprint density at radius 3 is 1.33 bits per heavy atom. The van der Waals surface area contributed by atoms with Crippen LogP contribution in [0.1, 0.15) is 0 Å². The number of hydrogen-bond acceptors (Lipinski definition) is 2. The van der Waals surface area contributed by atoms with E-state index in [0.717, 1.165) is 39.3 Å². The lowest BCUT2D eigenvalue weighted by Crippen LogP contribution is -2.76. The molecule has 0 aliphatic heterocycles. The molecule has 0 aromatic carbocycles. The molecule has 0 heterocycles. The summed E-state index contributed by atoms with van der Waals surface area (Å²) in [6, 6.07) is 0. The van der Waals surface area contributed by atoms with E-state index in [1.807, 2.05) is 0 Å². The zero-order valence-corrected chi connectivity index (χ0v) is 15.4. The van der Waals surface area contributed by atoms with Gasteiger partial charge in [-0.25, -0.2) is 13.5 Å². The molecule has 0 aromatic rings. The molecule has 0 fully saturated rings. The number of rotatable bonds is 6.